The van der Waals surface area contributed by atoms with Crippen molar-refractivity contribution < 1.29 is 18.3 Å². The summed E-state index contributed by atoms with van der Waals surface area (Å²) in [6.45, 7) is 4.36. The lowest BCUT2D eigenvalue weighted by Crippen LogP contribution is -2.32. The monoisotopic (exact) mass is 290 g/mol. The SMILES string of the molecule is CC(C)C1CCC(C(=O)O)C(CCCS(C)(=O)=O)C1. The largest absolute Gasteiger partial charge is 0.481 e. The van der Waals surface area contributed by atoms with Gasteiger partial charge in [0.15, 0.2) is 0 Å². The Bertz CT molecular complexity index is 400. The van der Waals surface area contributed by atoms with Crippen LogP contribution in [0, 0.1) is 23.7 Å². The van der Waals surface area contributed by atoms with Crippen molar-refractivity contribution in [1.82, 2.24) is 0 Å². The van der Waals surface area contributed by atoms with E-state index in [0.717, 1.165) is 19.3 Å². The fourth-order valence-corrected chi connectivity index (χ4v) is 3.85. The minimum absolute atomic E-state index is 0.139. The van der Waals surface area contributed by atoms with E-state index < -0.39 is 15.8 Å². The zero-order valence-electron chi connectivity index (χ0n) is 12.1. The fourth-order valence-electron chi connectivity index (χ4n) is 3.16. The second-order valence-corrected chi connectivity index (χ2v) is 8.55. The van der Waals surface area contributed by atoms with E-state index in [1.807, 2.05) is 0 Å². The Balaban J connectivity index is 2.59. The van der Waals surface area contributed by atoms with Crippen LogP contribution < -0.4 is 0 Å². The summed E-state index contributed by atoms with van der Waals surface area (Å²) in [5, 5.41) is 9.27. The lowest BCUT2D eigenvalue weighted by molar-refractivity contribution is -0.145. The first-order chi connectivity index (χ1) is 8.70. The molecular weight excluding hydrogens is 264 g/mol. The summed E-state index contributed by atoms with van der Waals surface area (Å²) in [6.07, 6.45) is 5.18. The van der Waals surface area contributed by atoms with Gasteiger partial charge in [0.2, 0.25) is 0 Å². The first-order valence-electron chi connectivity index (χ1n) is 7.11. The van der Waals surface area contributed by atoms with Crippen LogP contribution in [0.3, 0.4) is 0 Å². The molecule has 1 rings (SSSR count). The minimum Gasteiger partial charge on any atom is -0.481 e. The van der Waals surface area contributed by atoms with Crippen LogP contribution >= 0.6 is 0 Å². The average molecular weight is 290 g/mol. The zero-order valence-corrected chi connectivity index (χ0v) is 12.9. The van der Waals surface area contributed by atoms with Crippen molar-refractivity contribution in [3.63, 3.8) is 0 Å². The predicted octanol–water partition coefficient (Wildman–Crippen LogP) is 2.58. The Hall–Kier alpha value is -0.580. The summed E-state index contributed by atoms with van der Waals surface area (Å²) in [4.78, 5) is 11.3. The van der Waals surface area contributed by atoms with Crippen molar-refractivity contribution in [3.05, 3.63) is 0 Å². The molecule has 0 radical (unpaired) electrons. The number of carboxylic acids is 1. The van der Waals surface area contributed by atoms with Gasteiger partial charge in [-0.1, -0.05) is 13.8 Å². The Morgan fingerprint density at radius 1 is 1.32 bits per heavy atom. The van der Waals surface area contributed by atoms with Crippen molar-refractivity contribution in [2.75, 3.05) is 12.0 Å². The standard InChI is InChI=1S/C14H26O4S/c1-10(2)11-6-7-13(14(15)16)12(9-11)5-4-8-19(3,17)18/h10-13H,4-9H2,1-3H3,(H,15,16). The number of hydrogen-bond acceptors (Lipinski definition) is 3. The van der Waals surface area contributed by atoms with E-state index in [9.17, 15) is 18.3 Å². The second kappa shape index (κ2) is 6.73. The molecule has 0 aliphatic heterocycles. The number of carboxylic acid groups (broad SMARTS) is 1. The molecule has 1 aliphatic carbocycles. The van der Waals surface area contributed by atoms with Crippen molar-refractivity contribution in [3.8, 4) is 0 Å². The van der Waals surface area contributed by atoms with E-state index in [0.29, 0.717) is 24.7 Å². The fraction of sp³-hybridized carbons (Fsp3) is 0.929. The van der Waals surface area contributed by atoms with Crippen LogP contribution in [0.1, 0.15) is 46.0 Å². The average Bonchev–Trinajstić information content (AvgIpc) is 2.26. The molecule has 0 aromatic heterocycles. The summed E-state index contributed by atoms with van der Waals surface area (Å²) in [7, 11) is -2.94. The molecule has 3 unspecified atom stereocenters. The number of aliphatic carboxylic acids is 1. The Morgan fingerprint density at radius 2 is 1.95 bits per heavy atom. The summed E-state index contributed by atoms with van der Waals surface area (Å²) >= 11 is 0. The molecular formula is C14H26O4S. The number of hydrogen-bond donors (Lipinski definition) is 1. The Labute approximate surface area is 116 Å². The third-order valence-electron chi connectivity index (χ3n) is 4.37. The first-order valence-corrected chi connectivity index (χ1v) is 9.17. The molecule has 1 fully saturated rings. The van der Waals surface area contributed by atoms with Gasteiger partial charge in [-0.05, 0) is 49.9 Å². The molecule has 0 spiro atoms. The van der Waals surface area contributed by atoms with Gasteiger partial charge in [-0.3, -0.25) is 4.79 Å². The molecule has 5 heteroatoms. The predicted molar refractivity (Wildman–Crippen MR) is 75.7 cm³/mol. The normalized spacial score (nSPS) is 28.5. The van der Waals surface area contributed by atoms with Gasteiger partial charge in [0.1, 0.15) is 9.84 Å². The molecule has 0 saturated heterocycles. The summed E-state index contributed by atoms with van der Waals surface area (Å²) in [6, 6.07) is 0. The van der Waals surface area contributed by atoms with E-state index in [1.165, 1.54) is 6.26 Å². The van der Waals surface area contributed by atoms with Crippen molar-refractivity contribution in [1.29, 1.82) is 0 Å². The quantitative estimate of drug-likeness (QED) is 0.816. The number of carbonyl (C=O) groups is 1. The van der Waals surface area contributed by atoms with Crippen molar-refractivity contribution in [2.24, 2.45) is 23.7 Å². The van der Waals surface area contributed by atoms with Gasteiger partial charge in [-0.25, -0.2) is 8.42 Å². The topological polar surface area (TPSA) is 71.4 Å². The molecule has 1 aliphatic rings. The highest BCUT2D eigenvalue weighted by Gasteiger charge is 2.35. The van der Waals surface area contributed by atoms with E-state index in [-0.39, 0.29) is 17.6 Å². The van der Waals surface area contributed by atoms with Crippen LogP contribution in [0.4, 0.5) is 0 Å². The summed E-state index contributed by atoms with van der Waals surface area (Å²) < 4.78 is 22.3. The summed E-state index contributed by atoms with van der Waals surface area (Å²) in [5.41, 5.74) is 0. The highest BCUT2D eigenvalue weighted by molar-refractivity contribution is 7.90. The molecule has 0 heterocycles. The van der Waals surface area contributed by atoms with Gasteiger partial charge < -0.3 is 5.11 Å². The van der Waals surface area contributed by atoms with Gasteiger partial charge in [-0.15, -0.1) is 0 Å². The molecule has 0 bridgehead atoms. The van der Waals surface area contributed by atoms with E-state index in [2.05, 4.69) is 13.8 Å². The lowest BCUT2D eigenvalue weighted by atomic mass is 9.69. The molecule has 0 amide bonds. The number of sulfone groups is 1. The molecule has 112 valence electrons. The second-order valence-electron chi connectivity index (χ2n) is 6.29. The molecule has 19 heavy (non-hydrogen) atoms. The lowest BCUT2D eigenvalue weighted by Gasteiger charge is -2.36. The molecule has 0 aromatic carbocycles. The zero-order chi connectivity index (χ0) is 14.6. The van der Waals surface area contributed by atoms with Gasteiger partial charge in [0, 0.05) is 12.0 Å². The molecule has 1 N–H and O–H groups in total. The molecule has 3 atom stereocenters. The van der Waals surface area contributed by atoms with Gasteiger partial charge >= 0.3 is 5.97 Å². The van der Waals surface area contributed by atoms with Crippen LogP contribution in [0.2, 0.25) is 0 Å². The Kier molecular flexibility index (Phi) is 5.83. The molecule has 1 saturated carbocycles. The van der Waals surface area contributed by atoms with Crippen LogP contribution in [0.15, 0.2) is 0 Å². The molecule has 0 aromatic rings. The van der Waals surface area contributed by atoms with Crippen LogP contribution in [-0.4, -0.2) is 31.5 Å². The van der Waals surface area contributed by atoms with Gasteiger partial charge in [-0.2, -0.15) is 0 Å². The third-order valence-corrected chi connectivity index (χ3v) is 5.40. The van der Waals surface area contributed by atoms with E-state index >= 15 is 0 Å². The highest BCUT2D eigenvalue weighted by atomic mass is 32.2. The maximum absolute atomic E-state index is 11.3. The Morgan fingerprint density at radius 3 is 2.42 bits per heavy atom. The smallest absolute Gasteiger partial charge is 0.306 e. The van der Waals surface area contributed by atoms with E-state index in [1.54, 1.807) is 0 Å². The van der Waals surface area contributed by atoms with Crippen LogP contribution in [0.5, 0.6) is 0 Å². The summed E-state index contributed by atoms with van der Waals surface area (Å²) in [5.74, 6) is 0.467. The maximum Gasteiger partial charge on any atom is 0.306 e. The van der Waals surface area contributed by atoms with Gasteiger partial charge in [0.25, 0.3) is 0 Å². The number of rotatable bonds is 6. The van der Waals surface area contributed by atoms with Crippen molar-refractivity contribution in [2.45, 2.75) is 46.0 Å². The van der Waals surface area contributed by atoms with Crippen LogP contribution in [-0.2, 0) is 14.6 Å². The van der Waals surface area contributed by atoms with Crippen molar-refractivity contribution >= 4 is 15.8 Å². The first kappa shape index (κ1) is 16.5. The maximum atomic E-state index is 11.3. The van der Waals surface area contributed by atoms with Gasteiger partial charge in [0.05, 0.1) is 5.92 Å². The third kappa shape index (κ3) is 5.51. The van der Waals surface area contributed by atoms with E-state index in [4.69, 9.17) is 0 Å². The minimum atomic E-state index is -2.94. The highest BCUT2D eigenvalue weighted by Crippen LogP contribution is 2.39. The van der Waals surface area contributed by atoms with Crippen LogP contribution in [0.25, 0.3) is 0 Å². The molecule has 4 nitrogen and oxygen atoms in total.